The first-order valence-electron chi connectivity index (χ1n) is 13.1. The average Bonchev–Trinajstić information content (AvgIpc) is 2.91. The van der Waals surface area contributed by atoms with Crippen molar-refractivity contribution < 1.29 is 28.5 Å². The predicted molar refractivity (Wildman–Crippen MR) is 145 cm³/mol. The molecule has 1 saturated heterocycles. The predicted octanol–water partition coefficient (Wildman–Crippen LogP) is 8.08. The van der Waals surface area contributed by atoms with Gasteiger partial charge in [0.15, 0.2) is 6.61 Å². The zero-order chi connectivity index (χ0) is 27.1. The van der Waals surface area contributed by atoms with Gasteiger partial charge in [-0.05, 0) is 67.8 Å². The lowest BCUT2D eigenvalue weighted by molar-refractivity contribution is -0.139. The summed E-state index contributed by atoms with van der Waals surface area (Å²) < 4.78 is 32.4. The summed E-state index contributed by atoms with van der Waals surface area (Å²) in [5, 5.41) is 9.26. The highest BCUT2D eigenvalue weighted by Crippen LogP contribution is 2.49. The second-order valence-electron chi connectivity index (χ2n) is 9.88. The molecule has 1 heterocycles. The molecule has 0 bridgehead atoms. The van der Waals surface area contributed by atoms with Gasteiger partial charge in [-0.25, -0.2) is 9.18 Å². The number of aliphatic carboxylic acids is 1. The van der Waals surface area contributed by atoms with Crippen LogP contribution in [-0.2, 0) is 9.53 Å². The molecule has 0 radical (unpaired) electrons. The average molecular weight is 519 g/mol. The number of unbranched alkanes of at least 4 members (excludes halogenated alkanes) is 1. The normalized spacial score (nSPS) is 21.0. The molecule has 200 valence electrons. The lowest BCUT2D eigenvalue weighted by atomic mass is 9.74. The van der Waals surface area contributed by atoms with Crippen LogP contribution < -0.4 is 9.47 Å². The topological polar surface area (TPSA) is 65.0 Å². The van der Waals surface area contributed by atoms with Crippen molar-refractivity contribution in [1.29, 1.82) is 0 Å². The van der Waals surface area contributed by atoms with E-state index >= 15 is 0 Å². The van der Waals surface area contributed by atoms with Crippen molar-refractivity contribution in [2.75, 3.05) is 6.61 Å². The van der Waals surface area contributed by atoms with Crippen LogP contribution in [-0.4, -0.2) is 23.8 Å². The highest BCUT2D eigenvalue weighted by Gasteiger charge is 2.40. The summed E-state index contributed by atoms with van der Waals surface area (Å²) in [5.74, 6) is 0.423. The van der Waals surface area contributed by atoms with Gasteiger partial charge in [-0.15, -0.1) is 0 Å². The number of benzene rings is 3. The zero-order valence-corrected chi connectivity index (χ0v) is 21.9. The Morgan fingerprint density at radius 3 is 2.47 bits per heavy atom. The molecule has 1 aliphatic heterocycles. The Balaban J connectivity index is 1.73. The SMILES string of the molecule is C=C(C)[C@H]1C[C@H](c2ccc(F)cc2)[C@H](CCCC)O[C@@H]1c1cc(Oc2ccccc2)ccc1OCC(=O)O. The van der Waals surface area contributed by atoms with Crippen LogP contribution in [0.2, 0.25) is 0 Å². The standard InChI is InChI=1S/C32H35FO5/c1-4-5-11-30-27(22-12-14-23(33)15-13-22)19-26(21(2)3)32(38-30)28-18-25(37-24-9-7-6-8-10-24)16-17-29(28)36-20-31(34)35/h6-10,12-18,26-27,30,32H,2,4-5,11,19-20H2,1,3H3,(H,34,35)/t26-,27-,30+,32+/m1/s1. The van der Waals surface area contributed by atoms with Gasteiger partial charge in [-0.2, -0.15) is 0 Å². The van der Waals surface area contributed by atoms with Crippen LogP contribution in [0.25, 0.3) is 0 Å². The van der Waals surface area contributed by atoms with E-state index in [0.717, 1.165) is 42.4 Å². The summed E-state index contributed by atoms with van der Waals surface area (Å²) in [6.07, 6.45) is 3.12. The van der Waals surface area contributed by atoms with Crippen LogP contribution in [0.15, 0.2) is 84.9 Å². The van der Waals surface area contributed by atoms with Crippen molar-refractivity contribution >= 4 is 5.97 Å². The number of hydrogen-bond donors (Lipinski definition) is 1. The molecule has 1 aliphatic rings. The number of para-hydroxylation sites is 1. The maximum absolute atomic E-state index is 13.7. The van der Waals surface area contributed by atoms with Crippen LogP contribution in [0.4, 0.5) is 4.39 Å². The van der Waals surface area contributed by atoms with Gasteiger partial charge in [0.25, 0.3) is 0 Å². The summed E-state index contributed by atoms with van der Waals surface area (Å²) in [6.45, 7) is 7.94. The van der Waals surface area contributed by atoms with E-state index in [0.29, 0.717) is 17.2 Å². The third-order valence-electron chi connectivity index (χ3n) is 7.03. The van der Waals surface area contributed by atoms with Crippen molar-refractivity contribution in [3.63, 3.8) is 0 Å². The minimum Gasteiger partial charge on any atom is -0.482 e. The molecule has 0 saturated carbocycles. The number of hydrogen-bond acceptors (Lipinski definition) is 4. The fraction of sp³-hybridized carbons (Fsp3) is 0.344. The number of carbonyl (C=O) groups is 1. The maximum Gasteiger partial charge on any atom is 0.341 e. The smallest absolute Gasteiger partial charge is 0.341 e. The van der Waals surface area contributed by atoms with Crippen molar-refractivity contribution in [2.24, 2.45) is 5.92 Å². The lowest BCUT2D eigenvalue weighted by Crippen LogP contribution is -2.36. The van der Waals surface area contributed by atoms with E-state index in [1.807, 2.05) is 55.5 Å². The monoisotopic (exact) mass is 518 g/mol. The number of ether oxygens (including phenoxy) is 3. The minimum atomic E-state index is -1.06. The number of halogens is 1. The molecule has 1 N–H and O–H groups in total. The molecule has 0 unspecified atom stereocenters. The first-order valence-corrected chi connectivity index (χ1v) is 13.1. The maximum atomic E-state index is 13.7. The van der Waals surface area contributed by atoms with Crippen molar-refractivity contribution in [3.8, 4) is 17.2 Å². The zero-order valence-electron chi connectivity index (χ0n) is 21.9. The molecule has 0 amide bonds. The van der Waals surface area contributed by atoms with E-state index in [1.54, 1.807) is 12.1 Å². The van der Waals surface area contributed by atoms with Crippen LogP contribution >= 0.6 is 0 Å². The van der Waals surface area contributed by atoms with E-state index < -0.39 is 18.7 Å². The minimum absolute atomic E-state index is 0.0675. The van der Waals surface area contributed by atoms with Gasteiger partial charge in [0.05, 0.1) is 12.2 Å². The Labute approximate surface area is 223 Å². The van der Waals surface area contributed by atoms with Crippen LogP contribution in [0.3, 0.4) is 0 Å². The highest BCUT2D eigenvalue weighted by molar-refractivity contribution is 5.68. The molecule has 4 rings (SSSR count). The van der Waals surface area contributed by atoms with Gasteiger partial charge in [0, 0.05) is 17.4 Å². The van der Waals surface area contributed by atoms with Gasteiger partial charge < -0.3 is 19.3 Å². The lowest BCUT2D eigenvalue weighted by Gasteiger charge is -2.43. The number of carboxylic acids is 1. The van der Waals surface area contributed by atoms with E-state index in [2.05, 4.69) is 13.5 Å². The second kappa shape index (κ2) is 12.7. The van der Waals surface area contributed by atoms with E-state index in [9.17, 15) is 14.3 Å². The Hall–Kier alpha value is -3.64. The molecule has 1 fully saturated rings. The van der Waals surface area contributed by atoms with Gasteiger partial charge in [0.1, 0.15) is 23.1 Å². The molecule has 4 atom stereocenters. The van der Waals surface area contributed by atoms with E-state index in [4.69, 9.17) is 14.2 Å². The van der Waals surface area contributed by atoms with Crippen molar-refractivity contribution in [3.05, 3.63) is 102 Å². The summed E-state index contributed by atoms with van der Waals surface area (Å²) in [5.41, 5.74) is 2.72. The Bertz CT molecular complexity index is 1220. The third kappa shape index (κ3) is 6.81. The molecule has 0 aliphatic carbocycles. The summed E-state index contributed by atoms with van der Waals surface area (Å²) in [6, 6.07) is 21.5. The van der Waals surface area contributed by atoms with E-state index in [-0.39, 0.29) is 23.8 Å². The van der Waals surface area contributed by atoms with Gasteiger partial charge in [0.2, 0.25) is 0 Å². The molecule has 3 aromatic carbocycles. The second-order valence-corrected chi connectivity index (χ2v) is 9.88. The van der Waals surface area contributed by atoms with Gasteiger partial charge in [-0.3, -0.25) is 0 Å². The first kappa shape index (κ1) is 27.4. The molecule has 0 aromatic heterocycles. The summed E-state index contributed by atoms with van der Waals surface area (Å²) >= 11 is 0. The van der Waals surface area contributed by atoms with E-state index in [1.165, 1.54) is 12.1 Å². The summed E-state index contributed by atoms with van der Waals surface area (Å²) in [4.78, 5) is 11.3. The molecular formula is C32H35FO5. The fourth-order valence-electron chi connectivity index (χ4n) is 5.12. The first-order chi connectivity index (χ1) is 18.4. The molecule has 6 heteroatoms. The van der Waals surface area contributed by atoms with Crippen LogP contribution in [0.5, 0.6) is 17.2 Å². The molecule has 0 spiro atoms. The molecule has 3 aromatic rings. The van der Waals surface area contributed by atoms with Crippen molar-refractivity contribution in [2.45, 2.75) is 57.7 Å². The molecule has 38 heavy (non-hydrogen) atoms. The van der Waals surface area contributed by atoms with Gasteiger partial charge >= 0.3 is 5.97 Å². The quantitative estimate of drug-likeness (QED) is 0.260. The number of carboxylic acid groups (broad SMARTS) is 1. The molecular weight excluding hydrogens is 483 g/mol. The largest absolute Gasteiger partial charge is 0.482 e. The van der Waals surface area contributed by atoms with Crippen LogP contribution in [0.1, 0.15) is 62.7 Å². The highest BCUT2D eigenvalue weighted by atomic mass is 19.1. The van der Waals surface area contributed by atoms with Gasteiger partial charge in [-0.1, -0.05) is 62.2 Å². The summed E-state index contributed by atoms with van der Waals surface area (Å²) in [7, 11) is 0. The van der Waals surface area contributed by atoms with Crippen LogP contribution in [0, 0.1) is 11.7 Å². The Morgan fingerprint density at radius 2 is 1.82 bits per heavy atom. The fourth-order valence-corrected chi connectivity index (χ4v) is 5.12. The number of rotatable bonds is 11. The molecule has 5 nitrogen and oxygen atoms in total. The van der Waals surface area contributed by atoms with Crippen molar-refractivity contribution in [1.82, 2.24) is 0 Å². The Morgan fingerprint density at radius 1 is 1.08 bits per heavy atom. The Kier molecular flexibility index (Phi) is 9.19. The third-order valence-corrected chi connectivity index (χ3v) is 7.03.